The highest BCUT2D eigenvalue weighted by atomic mass is 19.2. The number of rotatable bonds is 11. The third-order valence-corrected chi connectivity index (χ3v) is 6.22. The molecule has 2 rings (SSSR count). The molecule has 162 valence electrons. The van der Waals surface area contributed by atoms with Gasteiger partial charge >= 0.3 is 0 Å². The molecular weight excluding hydrogens is 378 g/mol. The molecule has 0 spiro atoms. The van der Waals surface area contributed by atoms with Gasteiger partial charge in [-0.1, -0.05) is 64.1 Å². The maximum atomic E-state index is 14.0. The summed E-state index contributed by atoms with van der Waals surface area (Å²) in [6.07, 6.45) is 3.47. The van der Waals surface area contributed by atoms with Crippen molar-refractivity contribution in [2.24, 2.45) is 5.92 Å². The van der Waals surface area contributed by atoms with Gasteiger partial charge in [0, 0.05) is 12.6 Å². The molecule has 2 nitrogen and oxygen atoms in total. The Morgan fingerprint density at radius 2 is 1.73 bits per heavy atom. The van der Waals surface area contributed by atoms with Crippen LogP contribution in [0.3, 0.4) is 0 Å². The van der Waals surface area contributed by atoms with E-state index in [0.717, 1.165) is 38.4 Å². The van der Waals surface area contributed by atoms with E-state index in [1.807, 2.05) is 19.9 Å². The summed E-state index contributed by atoms with van der Waals surface area (Å²) in [6.45, 7) is 10.2. The fourth-order valence-electron chi connectivity index (χ4n) is 4.32. The third kappa shape index (κ3) is 5.67. The van der Waals surface area contributed by atoms with Crippen LogP contribution in [0.5, 0.6) is 0 Å². The molecule has 0 heterocycles. The first-order chi connectivity index (χ1) is 14.4. The molecule has 2 unspecified atom stereocenters. The topological polar surface area (TPSA) is 27.0 Å². The van der Waals surface area contributed by atoms with Gasteiger partial charge in [0.15, 0.2) is 11.6 Å². The molecule has 0 aliphatic carbocycles. The molecule has 30 heavy (non-hydrogen) atoms. The second-order valence-electron chi connectivity index (χ2n) is 8.42. The molecule has 0 amide bonds. The SMILES string of the molecule is CCCN(Cc1ccccc1)C(CC)CCC(C#N)(c1ccc(F)c(F)c1)C(C)C. The van der Waals surface area contributed by atoms with Crippen molar-refractivity contribution in [1.29, 1.82) is 5.26 Å². The maximum absolute atomic E-state index is 14.0. The van der Waals surface area contributed by atoms with E-state index in [4.69, 9.17) is 0 Å². The zero-order valence-electron chi connectivity index (χ0n) is 18.7. The smallest absolute Gasteiger partial charge is 0.159 e. The number of nitriles is 1. The maximum Gasteiger partial charge on any atom is 0.159 e. The normalized spacial score (nSPS) is 14.5. The molecule has 0 saturated heterocycles. The van der Waals surface area contributed by atoms with E-state index < -0.39 is 17.0 Å². The van der Waals surface area contributed by atoms with Crippen LogP contribution in [0.2, 0.25) is 0 Å². The molecule has 2 aromatic rings. The monoisotopic (exact) mass is 412 g/mol. The zero-order chi connectivity index (χ0) is 22.1. The van der Waals surface area contributed by atoms with Crippen LogP contribution in [-0.4, -0.2) is 17.5 Å². The lowest BCUT2D eigenvalue weighted by Crippen LogP contribution is -2.38. The molecule has 0 radical (unpaired) electrons. The molecule has 0 N–H and O–H groups in total. The van der Waals surface area contributed by atoms with Crippen molar-refractivity contribution in [3.05, 3.63) is 71.3 Å². The summed E-state index contributed by atoms with van der Waals surface area (Å²) in [5.74, 6) is -1.78. The molecule has 0 aromatic heterocycles. The molecule has 0 bridgehead atoms. The quantitative estimate of drug-likeness (QED) is 0.403. The molecular formula is C26H34F2N2. The van der Waals surface area contributed by atoms with Gasteiger partial charge in [-0.15, -0.1) is 0 Å². The van der Waals surface area contributed by atoms with Crippen LogP contribution in [0.15, 0.2) is 48.5 Å². The van der Waals surface area contributed by atoms with Gasteiger partial charge in [0.2, 0.25) is 0 Å². The van der Waals surface area contributed by atoms with Crippen molar-refractivity contribution in [3.63, 3.8) is 0 Å². The van der Waals surface area contributed by atoms with Crippen molar-refractivity contribution in [2.45, 2.75) is 71.4 Å². The summed E-state index contributed by atoms with van der Waals surface area (Å²) >= 11 is 0. The van der Waals surface area contributed by atoms with Gasteiger partial charge in [-0.3, -0.25) is 4.90 Å². The average molecular weight is 413 g/mol. The van der Waals surface area contributed by atoms with Crippen molar-refractivity contribution >= 4 is 0 Å². The van der Waals surface area contributed by atoms with Crippen LogP contribution in [0.1, 0.15) is 64.5 Å². The Morgan fingerprint density at radius 1 is 1.03 bits per heavy atom. The molecule has 2 atom stereocenters. The zero-order valence-corrected chi connectivity index (χ0v) is 18.7. The molecule has 0 saturated carbocycles. The van der Waals surface area contributed by atoms with E-state index in [1.54, 1.807) is 6.07 Å². The van der Waals surface area contributed by atoms with Gasteiger partial charge in [0.25, 0.3) is 0 Å². The largest absolute Gasteiger partial charge is 0.296 e. The Hall–Kier alpha value is -2.25. The average Bonchev–Trinajstić information content (AvgIpc) is 2.74. The highest BCUT2D eigenvalue weighted by molar-refractivity contribution is 5.34. The van der Waals surface area contributed by atoms with Crippen LogP contribution in [0.25, 0.3) is 0 Å². The van der Waals surface area contributed by atoms with Crippen LogP contribution in [-0.2, 0) is 12.0 Å². The van der Waals surface area contributed by atoms with Crippen LogP contribution < -0.4 is 0 Å². The van der Waals surface area contributed by atoms with Crippen molar-refractivity contribution in [1.82, 2.24) is 4.90 Å². The van der Waals surface area contributed by atoms with Crippen molar-refractivity contribution in [3.8, 4) is 6.07 Å². The summed E-state index contributed by atoms with van der Waals surface area (Å²) in [6, 6.07) is 17.1. The minimum absolute atomic E-state index is 0.0152. The summed E-state index contributed by atoms with van der Waals surface area (Å²) in [4.78, 5) is 2.49. The molecule has 2 aromatic carbocycles. The Morgan fingerprint density at radius 3 is 2.27 bits per heavy atom. The van der Waals surface area contributed by atoms with Gasteiger partial charge in [0.05, 0.1) is 11.5 Å². The van der Waals surface area contributed by atoms with E-state index in [2.05, 4.69) is 49.1 Å². The van der Waals surface area contributed by atoms with E-state index >= 15 is 0 Å². The summed E-state index contributed by atoms with van der Waals surface area (Å²) in [5, 5.41) is 10.1. The second kappa shape index (κ2) is 11.2. The fourth-order valence-corrected chi connectivity index (χ4v) is 4.32. The van der Waals surface area contributed by atoms with Gasteiger partial charge < -0.3 is 0 Å². The lowest BCUT2D eigenvalue weighted by Gasteiger charge is -2.36. The van der Waals surface area contributed by atoms with E-state index in [0.29, 0.717) is 18.0 Å². The second-order valence-corrected chi connectivity index (χ2v) is 8.42. The Kier molecular flexibility index (Phi) is 8.99. The fraction of sp³-hybridized carbons (Fsp3) is 0.500. The summed E-state index contributed by atoms with van der Waals surface area (Å²) < 4.78 is 27.4. The molecule has 0 fully saturated rings. The number of hydrogen-bond donors (Lipinski definition) is 0. The first-order valence-corrected chi connectivity index (χ1v) is 11.0. The first kappa shape index (κ1) is 24.0. The standard InChI is InChI=1S/C26H34F2N2/c1-5-16-30(18-21-10-8-7-9-11-21)23(6-2)14-15-26(19-29,20(3)4)22-12-13-24(27)25(28)17-22/h7-13,17,20,23H,5-6,14-16,18H2,1-4H3. The van der Waals surface area contributed by atoms with Gasteiger partial charge in [0.1, 0.15) is 0 Å². The van der Waals surface area contributed by atoms with Crippen LogP contribution >= 0.6 is 0 Å². The number of halogens is 2. The highest BCUT2D eigenvalue weighted by Gasteiger charge is 2.37. The van der Waals surface area contributed by atoms with Crippen LogP contribution in [0.4, 0.5) is 8.78 Å². The molecule has 4 heteroatoms. The highest BCUT2D eigenvalue weighted by Crippen LogP contribution is 2.38. The number of benzene rings is 2. The van der Waals surface area contributed by atoms with Gasteiger partial charge in [-0.25, -0.2) is 8.78 Å². The molecule has 0 aliphatic rings. The lowest BCUT2D eigenvalue weighted by molar-refractivity contribution is 0.160. The minimum Gasteiger partial charge on any atom is -0.296 e. The van der Waals surface area contributed by atoms with Gasteiger partial charge in [-0.05, 0) is 61.4 Å². The summed E-state index contributed by atoms with van der Waals surface area (Å²) in [5.41, 5.74) is 1.01. The van der Waals surface area contributed by atoms with E-state index in [-0.39, 0.29) is 5.92 Å². The van der Waals surface area contributed by atoms with Crippen molar-refractivity contribution < 1.29 is 8.78 Å². The molecule has 0 aliphatic heterocycles. The Bertz CT molecular complexity index is 829. The third-order valence-electron chi connectivity index (χ3n) is 6.22. The predicted octanol–water partition coefficient (Wildman–Crippen LogP) is 6.85. The summed E-state index contributed by atoms with van der Waals surface area (Å²) in [7, 11) is 0. The van der Waals surface area contributed by atoms with E-state index in [9.17, 15) is 14.0 Å². The lowest BCUT2D eigenvalue weighted by atomic mass is 9.69. The minimum atomic E-state index is -0.892. The van der Waals surface area contributed by atoms with Crippen LogP contribution in [0, 0.1) is 28.9 Å². The van der Waals surface area contributed by atoms with E-state index in [1.165, 1.54) is 11.6 Å². The number of nitrogens with zero attached hydrogens (tertiary/aromatic N) is 2. The number of hydrogen-bond acceptors (Lipinski definition) is 2. The Labute approximate surface area is 180 Å². The van der Waals surface area contributed by atoms with Gasteiger partial charge in [-0.2, -0.15) is 5.26 Å². The first-order valence-electron chi connectivity index (χ1n) is 11.0. The predicted molar refractivity (Wildman–Crippen MR) is 119 cm³/mol. The Balaban J connectivity index is 2.26. The van der Waals surface area contributed by atoms with Crippen molar-refractivity contribution in [2.75, 3.05) is 6.54 Å².